The van der Waals surface area contributed by atoms with Gasteiger partial charge in [0, 0.05) is 10.9 Å². The highest BCUT2D eigenvalue weighted by Crippen LogP contribution is 2.31. The van der Waals surface area contributed by atoms with Crippen LogP contribution in [0.5, 0.6) is 0 Å². The molecule has 2 aliphatic heterocycles. The van der Waals surface area contributed by atoms with E-state index in [0.29, 0.717) is 10.9 Å². The lowest BCUT2D eigenvalue weighted by Gasteiger charge is -2.39. The molecule has 3 rings (SSSR count). The monoisotopic (exact) mass is 422 g/mol. The Kier molecular flexibility index (Phi) is 8.04. The average molecular weight is 423 g/mol. The Morgan fingerprint density at radius 3 is 2.58 bits per heavy atom. The van der Waals surface area contributed by atoms with Crippen molar-refractivity contribution in [3.05, 3.63) is 30.3 Å². The normalized spacial score (nSPS) is 31.4. The van der Waals surface area contributed by atoms with Gasteiger partial charge in [0.15, 0.2) is 0 Å². The van der Waals surface area contributed by atoms with Gasteiger partial charge < -0.3 is 14.0 Å². The van der Waals surface area contributed by atoms with Crippen LogP contribution in [-0.2, 0) is 14.0 Å². The summed E-state index contributed by atoms with van der Waals surface area (Å²) in [7, 11) is -0.275. The first-order valence-electron chi connectivity index (χ1n) is 10.4. The van der Waals surface area contributed by atoms with E-state index in [2.05, 4.69) is 54.0 Å². The molecule has 0 aromatic heterocycles. The number of rotatable bonds is 6. The molecular formula is C21H32BBrO3. The molecule has 0 radical (unpaired) electrons. The average Bonchev–Trinajstić information content (AvgIpc) is 2.94. The second-order valence-electron chi connectivity index (χ2n) is 7.62. The molecule has 0 amide bonds. The summed E-state index contributed by atoms with van der Waals surface area (Å²) in [5.41, 5.74) is 1.11. The second-order valence-corrected chi connectivity index (χ2v) is 8.80. The van der Waals surface area contributed by atoms with E-state index in [4.69, 9.17) is 14.0 Å². The van der Waals surface area contributed by atoms with E-state index in [-0.39, 0.29) is 25.4 Å². The maximum atomic E-state index is 6.59. The molecule has 0 aliphatic carbocycles. The van der Waals surface area contributed by atoms with Crippen LogP contribution in [0.4, 0.5) is 0 Å². The standard InChI is InChI=1S/C21H32BBrO3/c1-3-10-17-15-21(26-22(25-17)16-11-6-5-7-12-16)20-14-9-8-13-19(24-20)18(23)4-2/h5-7,11-12,17-21H,3-4,8-10,13-15H2,1-2H3/t17-,18?,19-,20+,21+/m1/s1. The molecule has 1 aromatic rings. The zero-order valence-corrected chi connectivity index (χ0v) is 17.7. The molecule has 3 nitrogen and oxygen atoms in total. The third kappa shape index (κ3) is 5.34. The third-order valence-corrected chi connectivity index (χ3v) is 6.81. The van der Waals surface area contributed by atoms with Crippen LogP contribution in [0.1, 0.15) is 65.2 Å². The summed E-state index contributed by atoms with van der Waals surface area (Å²) in [6.45, 7) is 4.44. The van der Waals surface area contributed by atoms with Crippen molar-refractivity contribution in [1.29, 1.82) is 0 Å². The Hall–Kier alpha value is -0.355. The summed E-state index contributed by atoms with van der Waals surface area (Å²) in [5.74, 6) is 0. The molecule has 1 unspecified atom stereocenters. The van der Waals surface area contributed by atoms with Gasteiger partial charge in [-0.2, -0.15) is 0 Å². The lowest BCUT2D eigenvalue weighted by atomic mass is 9.75. The van der Waals surface area contributed by atoms with Gasteiger partial charge in [-0.15, -0.1) is 0 Å². The first-order chi connectivity index (χ1) is 12.7. The lowest BCUT2D eigenvalue weighted by Crippen LogP contribution is -2.52. The van der Waals surface area contributed by atoms with Crippen molar-refractivity contribution < 1.29 is 14.0 Å². The molecule has 144 valence electrons. The van der Waals surface area contributed by atoms with Crippen molar-refractivity contribution in [2.45, 2.75) is 94.5 Å². The highest BCUT2D eigenvalue weighted by atomic mass is 79.9. The summed E-state index contributed by atoms with van der Waals surface area (Å²) in [6, 6.07) is 10.3. The highest BCUT2D eigenvalue weighted by molar-refractivity contribution is 9.09. The Balaban J connectivity index is 1.73. The van der Waals surface area contributed by atoms with Crippen LogP contribution in [0, 0.1) is 0 Å². The van der Waals surface area contributed by atoms with E-state index < -0.39 is 0 Å². The van der Waals surface area contributed by atoms with Gasteiger partial charge in [0.2, 0.25) is 0 Å². The van der Waals surface area contributed by atoms with E-state index in [9.17, 15) is 0 Å². The van der Waals surface area contributed by atoms with Crippen LogP contribution < -0.4 is 5.46 Å². The maximum absolute atomic E-state index is 6.59. The van der Waals surface area contributed by atoms with Crippen LogP contribution in [0.15, 0.2) is 30.3 Å². The highest BCUT2D eigenvalue weighted by Gasteiger charge is 2.40. The third-order valence-electron chi connectivity index (χ3n) is 5.58. The molecule has 26 heavy (non-hydrogen) atoms. The van der Waals surface area contributed by atoms with Crippen LogP contribution in [0.3, 0.4) is 0 Å². The second kappa shape index (κ2) is 10.3. The van der Waals surface area contributed by atoms with Crippen molar-refractivity contribution in [3.63, 3.8) is 0 Å². The van der Waals surface area contributed by atoms with Crippen LogP contribution in [-0.4, -0.2) is 36.4 Å². The SMILES string of the molecule is CCC[C@@H]1C[C@@H]([C@@H]2CCCC[C@H](C(Br)CC)O2)OB(c2ccccc2)O1. The van der Waals surface area contributed by atoms with Gasteiger partial charge in [-0.3, -0.25) is 0 Å². The van der Waals surface area contributed by atoms with Gasteiger partial charge in [-0.1, -0.05) is 79.4 Å². The van der Waals surface area contributed by atoms with Gasteiger partial charge in [0.05, 0.1) is 18.3 Å². The van der Waals surface area contributed by atoms with Crippen molar-refractivity contribution in [2.75, 3.05) is 0 Å². The number of hydrogen-bond donors (Lipinski definition) is 0. The van der Waals surface area contributed by atoms with Crippen molar-refractivity contribution in [3.8, 4) is 0 Å². The Labute approximate surface area is 167 Å². The minimum Gasteiger partial charge on any atom is -0.404 e. The topological polar surface area (TPSA) is 27.7 Å². The number of benzene rings is 1. The molecule has 5 atom stereocenters. The number of hydrogen-bond acceptors (Lipinski definition) is 3. The predicted molar refractivity (Wildman–Crippen MR) is 111 cm³/mol. The summed E-state index contributed by atoms with van der Waals surface area (Å²) in [4.78, 5) is 0.430. The fourth-order valence-electron chi connectivity index (χ4n) is 4.10. The zero-order chi connectivity index (χ0) is 18.4. The molecule has 1 aromatic carbocycles. The Morgan fingerprint density at radius 2 is 1.85 bits per heavy atom. The molecule has 2 heterocycles. The van der Waals surface area contributed by atoms with E-state index in [0.717, 1.165) is 44.0 Å². The van der Waals surface area contributed by atoms with Crippen molar-refractivity contribution in [1.82, 2.24) is 0 Å². The number of halogens is 1. The first-order valence-corrected chi connectivity index (χ1v) is 11.3. The molecule has 0 bridgehead atoms. The van der Waals surface area contributed by atoms with E-state index in [1.165, 1.54) is 12.8 Å². The quantitative estimate of drug-likeness (QED) is 0.484. The molecule has 0 N–H and O–H groups in total. The van der Waals surface area contributed by atoms with Crippen LogP contribution in [0.2, 0.25) is 0 Å². The maximum Gasteiger partial charge on any atom is 0.494 e. The minimum atomic E-state index is -0.275. The van der Waals surface area contributed by atoms with Gasteiger partial charge >= 0.3 is 7.12 Å². The van der Waals surface area contributed by atoms with Gasteiger partial charge in [0.25, 0.3) is 0 Å². The summed E-state index contributed by atoms with van der Waals surface area (Å²) in [6.07, 6.45) is 9.76. The van der Waals surface area contributed by atoms with E-state index in [1.807, 2.05) is 6.07 Å². The van der Waals surface area contributed by atoms with E-state index in [1.54, 1.807) is 0 Å². The predicted octanol–water partition coefficient (Wildman–Crippen LogP) is 4.86. The molecule has 2 saturated heterocycles. The summed E-state index contributed by atoms with van der Waals surface area (Å²) in [5, 5.41) is 0. The van der Waals surface area contributed by atoms with Crippen LogP contribution >= 0.6 is 15.9 Å². The van der Waals surface area contributed by atoms with Gasteiger partial charge in [-0.25, -0.2) is 0 Å². The molecular weight excluding hydrogens is 391 g/mol. The molecule has 2 aliphatic rings. The Bertz CT molecular complexity index is 529. The molecule has 0 spiro atoms. The lowest BCUT2D eigenvalue weighted by molar-refractivity contribution is -0.0997. The van der Waals surface area contributed by atoms with Gasteiger partial charge in [0.1, 0.15) is 0 Å². The van der Waals surface area contributed by atoms with E-state index >= 15 is 0 Å². The fourth-order valence-corrected chi connectivity index (χ4v) is 4.49. The summed E-state index contributed by atoms with van der Waals surface area (Å²) >= 11 is 3.82. The van der Waals surface area contributed by atoms with Crippen LogP contribution in [0.25, 0.3) is 0 Å². The smallest absolute Gasteiger partial charge is 0.404 e. The number of alkyl halides is 1. The largest absolute Gasteiger partial charge is 0.494 e. The minimum absolute atomic E-state index is 0.114. The molecule has 2 fully saturated rings. The van der Waals surface area contributed by atoms with Crippen molar-refractivity contribution in [2.24, 2.45) is 0 Å². The zero-order valence-electron chi connectivity index (χ0n) is 16.1. The fraction of sp³-hybridized carbons (Fsp3) is 0.714. The summed E-state index contributed by atoms with van der Waals surface area (Å²) < 4.78 is 19.3. The van der Waals surface area contributed by atoms with Crippen molar-refractivity contribution >= 4 is 28.5 Å². The molecule has 5 heteroatoms. The Morgan fingerprint density at radius 1 is 1.08 bits per heavy atom. The molecule has 0 saturated carbocycles. The van der Waals surface area contributed by atoms with Gasteiger partial charge in [-0.05, 0) is 37.6 Å². The number of ether oxygens (including phenoxy) is 1. The first kappa shape index (κ1) is 20.4.